The fraction of sp³-hybridized carbons (Fsp3) is 0.233. The van der Waals surface area contributed by atoms with Crippen LogP contribution in [0.3, 0.4) is 0 Å². The van der Waals surface area contributed by atoms with Crippen LogP contribution in [-0.2, 0) is 13.2 Å². The van der Waals surface area contributed by atoms with Crippen molar-refractivity contribution in [3.63, 3.8) is 0 Å². The van der Waals surface area contributed by atoms with Gasteiger partial charge in [0.25, 0.3) is 0 Å². The van der Waals surface area contributed by atoms with Crippen molar-refractivity contribution >= 4 is 22.2 Å². The average molecular weight is 491 g/mol. The molecule has 1 aliphatic carbocycles. The Bertz CT molecular complexity index is 1770. The summed E-state index contributed by atoms with van der Waals surface area (Å²) >= 11 is 0. The van der Waals surface area contributed by atoms with Crippen molar-refractivity contribution in [1.82, 2.24) is 19.7 Å². The molecule has 184 valence electrons. The van der Waals surface area contributed by atoms with E-state index in [-0.39, 0.29) is 0 Å². The highest BCUT2D eigenvalue weighted by Crippen LogP contribution is 2.42. The van der Waals surface area contributed by atoms with Crippen LogP contribution in [-0.4, -0.2) is 19.7 Å². The van der Waals surface area contributed by atoms with Crippen molar-refractivity contribution in [3.05, 3.63) is 111 Å². The van der Waals surface area contributed by atoms with Crippen molar-refractivity contribution in [3.8, 4) is 5.75 Å². The van der Waals surface area contributed by atoms with Crippen LogP contribution in [0.1, 0.15) is 65.1 Å². The number of benzene rings is 3. The maximum Gasteiger partial charge on any atom is 0.439 e. The molecule has 1 fully saturated rings. The van der Waals surface area contributed by atoms with Crippen molar-refractivity contribution in [2.24, 2.45) is 0 Å². The van der Waals surface area contributed by atoms with Crippen molar-refractivity contribution in [2.75, 3.05) is 0 Å². The molecular weight excluding hydrogens is 464 g/mol. The monoisotopic (exact) mass is 490 g/mol. The summed E-state index contributed by atoms with van der Waals surface area (Å²) in [4.78, 5) is 19.4. The van der Waals surface area contributed by atoms with Gasteiger partial charge in [-0.1, -0.05) is 47.6 Å². The number of nitrogens with zero attached hydrogens (tertiary/aromatic N) is 3. The van der Waals surface area contributed by atoms with Gasteiger partial charge in [-0.2, -0.15) is 0 Å². The zero-order valence-electron chi connectivity index (χ0n) is 20.7. The summed E-state index contributed by atoms with van der Waals surface area (Å²) in [5, 5.41) is 3.95. The van der Waals surface area contributed by atoms with Crippen LogP contribution < -0.4 is 10.5 Å². The normalized spacial score (nSPS) is 16.2. The van der Waals surface area contributed by atoms with Crippen LogP contribution in [0.25, 0.3) is 22.2 Å². The average Bonchev–Trinajstić information content (AvgIpc) is 3.59. The summed E-state index contributed by atoms with van der Waals surface area (Å²) in [5.74, 6) is 2.38. The van der Waals surface area contributed by atoms with Gasteiger partial charge in [-0.25, -0.2) is 9.78 Å². The zero-order valence-corrected chi connectivity index (χ0v) is 20.7. The van der Waals surface area contributed by atoms with E-state index < -0.39 is 5.76 Å². The van der Waals surface area contributed by atoms with Gasteiger partial charge in [0.15, 0.2) is 5.82 Å². The number of nitrogens with one attached hydrogen (secondary N) is 1. The lowest BCUT2D eigenvalue weighted by atomic mass is 9.89. The predicted molar refractivity (Wildman–Crippen MR) is 141 cm³/mol. The number of para-hydroxylation sites is 2. The molecular formula is C30H26N4O3. The minimum absolute atomic E-state index is 0.418. The summed E-state index contributed by atoms with van der Waals surface area (Å²) in [6.07, 6.45) is 2.41. The predicted octanol–water partition coefficient (Wildman–Crippen LogP) is 5.82. The molecule has 7 heteroatoms. The first-order valence-corrected chi connectivity index (χ1v) is 12.6. The Hall–Kier alpha value is -4.39. The second kappa shape index (κ2) is 8.34. The van der Waals surface area contributed by atoms with Crippen LogP contribution in [0.4, 0.5) is 0 Å². The third-order valence-electron chi connectivity index (χ3n) is 7.44. The standard InChI is InChI=1S/C30H26N4O3/c1-17-6-5-8-24-27(17)31-29(20-11-12-20)34(24)15-19-10-13-22-21(14-19)16-36-25-9-4-3-7-23(25)26(22)18(2)28-32-30(35)37-33-28/h3-10,13-14,20H,11-12,15-16H2,1-2H3,(H,32,33,35)/b26-18+. The van der Waals surface area contributed by atoms with Crippen LogP contribution in [0.15, 0.2) is 70.0 Å². The summed E-state index contributed by atoms with van der Waals surface area (Å²) in [7, 11) is 0. The highest BCUT2D eigenvalue weighted by atomic mass is 16.5. The van der Waals surface area contributed by atoms with Gasteiger partial charge in [-0.15, -0.1) is 0 Å². The molecule has 0 spiro atoms. The van der Waals surface area contributed by atoms with E-state index in [1.807, 2.05) is 31.2 Å². The number of hydrogen-bond acceptors (Lipinski definition) is 5. The summed E-state index contributed by atoms with van der Waals surface area (Å²) in [5.41, 5.74) is 9.60. The largest absolute Gasteiger partial charge is 0.488 e. The number of H-pyrrole nitrogens is 1. The van der Waals surface area contributed by atoms with Gasteiger partial charge in [-0.05, 0) is 72.7 Å². The van der Waals surface area contributed by atoms with Gasteiger partial charge in [0.2, 0.25) is 0 Å². The van der Waals surface area contributed by atoms with E-state index in [0.29, 0.717) is 18.3 Å². The molecule has 3 heterocycles. The number of allylic oxidation sites excluding steroid dienone is 1. The number of hydrogen-bond donors (Lipinski definition) is 1. The van der Waals surface area contributed by atoms with Crippen LogP contribution in [0.2, 0.25) is 0 Å². The lowest BCUT2D eigenvalue weighted by Crippen LogP contribution is -2.06. The maximum atomic E-state index is 11.7. The molecule has 0 bridgehead atoms. The summed E-state index contributed by atoms with van der Waals surface area (Å²) in [6, 6.07) is 21.0. The molecule has 3 aromatic carbocycles. The molecule has 0 unspecified atom stereocenters. The molecule has 0 amide bonds. The molecule has 37 heavy (non-hydrogen) atoms. The Labute approximate surface area is 213 Å². The van der Waals surface area contributed by atoms with E-state index in [1.54, 1.807) is 0 Å². The molecule has 1 N–H and O–H groups in total. The minimum Gasteiger partial charge on any atom is -0.488 e. The van der Waals surface area contributed by atoms with Gasteiger partial charge in [0.1, 0.15) is 18.2 Å². The fourth-order valence-electron chi connectivity index (χ4n) is 5.43. The Balaban J connectivity index is 1.36. The van der Waals surface area contributed by atoms with Crippen molar-refractivity contribution in [2.45, 2.75) is 45.8 Å². The van der Waals surface area contributed by atoms with Gasteiger partial charge in [-0.3, -0.25) is 9.51 Å². The summed E-state index contributed by atoms with van der Waals surface area (Å²) in [6.45, 7) is 5.28. The van der Waals surface area contributed by atoms with Gasteiger partial charge in [0, 0.05) is 23.6 Å². The molecule has 5 aromatic rings. The Morgan fingerprint density at radius 1 is 1.08 bits per heavy atom. The van der Waals surface area contributed by atoms with Gasteiger partial charge < -0.3 is 9.30 Å². The Morgan fingerprint density at radius 2 is 1.95 bits per heavy atom. The first-order chi connectivity index (χ1) is 18.1. The number of aryl methyl sites for hydroxylation is 1. The smallest absolute Gasteiger partial charge is 0.439 e. The highest BCUT2D eigenvalue weighted by Gasteiger charge is 2.30. The van der Waals surface area contributed by atoms with Crippen molar-refractivity contribution in [1.29, 1.82) is 0 Å². The van der Waals surface area contributed by atoms with Gasteiger partial charge in [0.05, 0.1) is 11.0 Å². The second-order valence-electron chi connectivity index (χ2n) is 9.99. The lowest BCUT2D eigenvalue weighted by molar-refractivity contribution is 0.307. The van der Waals surface area contributed by atoms with E-state index in [0.717, 1.165) is 45.6 Å². The first kappa shape index (κ1) is 21.9. The number of fused-ring (bicyclic) bond motifs is 3. The third kappa shape index (κ3) is 3.69. The molecule has 7 rings (SSSR count). The zero-order chi connectivity index (χ0) is 25.1. The SMILES string of the molecule is C/C(=C1/c2ccc(Cn3c(C4CC4)nc4c(C)cccc43)cc2COc2ccccc21)c1noc(=O)[nH]1. The number of imidazole rings is 1. The topological polar surface area (TPSA) is 85.9 Å². The second-order valence-corrected chi connectivity index (χ2v) is 9.99. The van der Waals surface area contributed by atoms with Crippen LogP contribution in [0.5, 0.6) is 5.75 Å². The number of ether oxygens (including phenoxy) is 1. The molecule has 1 saturated carbocycles. The number of aromatic amines is 1. The fourth-order valence-corrected chi connectivity index (χ4v) is 5.43. The molecule has 7 nitrogen and oxygen atoms in total. The maximum absolute atomic E-state index is 11.7. The highest BCUT2D eigenvalue weighted by molar-refractivity contribution is 5.99. The minimum atomic E-state index is -0.571. The van der Waals surface area contributed by atoms with Crippen molar-refractivity contribution < 1.29 is 9.26 Å². The first-order valence-electron chi connectivity index (χ1n) is 12.6. The molecule has 0 atom stereocenters. The molecule has 0 saturated heterocycles. The number of rotatable bonds is 4. The molecule has 1 aliphatic heterocycles. The molecule has 2 aromatic heterocycles. The summed E-state index contributed by atoms with van der Waals surface area (Å²) < 4.78 is 13.5. The van der Waals surface area contributed by atoms with Gasteiger partial charge >= 0.3 is 5.76 Å². The quantitative estimate of drug-likeness (QED) is 0.343. The lowest BCUT2D eigenvalue weighted by Gasteiger charge is -2.15. The Morgan fingerprint density at radius 3 is 2.76 bits per heavy atom. The van der Waals surface area contributed by atoms with Crippen LogP contribution >= 0.6 is 0 Å². The van der Waals surface area contributed by atoms with E-state index in [4.69, 9.17) is 14.2 Å². The van der Waals surface area contributed by atoms with E-state index in [9.17, 15) is 4.79 Å². The molecule has 2 aliphatic rings. The van der Waals surface area contributed by atoms with Crippen LogP contribution in [0, 0.1) is 6.92 Å². The van der Waals surface area contributed by atoms with E-state index >= 15 is 0 Å². The van der Waals surface area contributed by atoms with E-state index in [2.05, 4.69) is 58.0 Å². The van der Waals surface area contributed by atoms with E-state index in [1.165, 1.54) is 35.3 Å². The third-order valence-corrected chi connectivity index (χ3v) is 7.44. The molecule has 0 radical (unpaired) electrons. The Kier molecular flexibility index (Phi) is 4.92. The number of aromatic nitrogens is 4.